The summed E-state index contributed by atoms with van der Waals surface area (Å²) in [5, 5.41) is 8.86. The second kappa shape index (κ2) is 7.50. The van der Waals surface area contributed by atoms with Crippen LogP contribution in [0.4, 0.5) is 0 Å². The third-order valence-electron chi connectivity index (χ3n) is 4.17. The molecule has 26 heavy (non-hydrogen) atoms. The highest BCUT2D eigenvalue weighted by Crippen LogP contribution is 2.27. The lowest BCUT2D eigenvalue weighted by molar-refractivity contribution is -0.135. The number of carbonyl (C=O) groups is 1. The molecule has 0 N–H and O–H groups in total. The van der Waals surface area contributed by atoms with Gasteiger partial charge >= 0.3 is 0 Å². The monoisotopic (exact) mass is 368 g/mol. The molecule has 0 radical (unpaired) electrons. The van der Waals surface area contributed by atoms with Gasteiger partial charge in [0.05, 0.1) is 5.25 Å². The van der Waals surface area contributed by atoms with Gasteiger partial charge in [0.2, 0.25) is 5.91 Å². The Morgan fingerprint density at radius 2 is 1.81 bits per heavy atom. The molecular formula is C20H24N4OS. The van der Waals surface area contributed by atoms with Crippen LogP contribution in [-0.4, -0.2) is 36.2 Å². The fourth-order valence-electron chi connectivity index (χ4n) is 2.74. The summed E-state index contributed by atoms with van der Waals surface area (Å²) in [6.07, 6.45) is 1.92. The first-order chi connectivity index (χ1) is 12.4. The third kappa shape index (κ3) is 4.07. The number of pyridine rings is 1. The maximum atomic E-state index is 13.2. The van der Waals surface area contributed by atoms with Crippen LogP contribution in [0.15, 0.2) is 59.9 Å². The van der Waals surface area contributed by atoms with Gasteiger partial charge in [-0.3, -0.25) is 9.20 Å². The number of rotatable bonds is 5. The molecule has 3 rings (SSSR count). The molecule has 2 heterocycles. The van der Waals surface area contributed by atoms with E-state index in [9.17, 15) is 4.79 Å². The van der Waals surface area contributed by atoms with Crippen LogP contribution in [-0.2, 0) is 11.3 Å². The van der Waals surface area contributed by atoms with Gasteiger partial charge < -0.3 is 4.90 Å². The zero-order valence-corrected chi connectivity index (χ0v) is 16.4. The van der Waals surface area contributed by atoms with Gasteiger partial charge in [0.25, 0.3) is 0 Å². The number of thioether (sulfide) groups is 1. The molecule has 1 amide bonds. The van der Waals surface area contributed by atoms with E-state index in [4.69, 9.17) is 0 Å². The molecule has 2 aromatic heterocycles. The molecule has 0 spiro atoms. The topological polar surface area (TPSA) is 50.5 Å². The summed E-state index contributed by atoms with van der Waals surface area (Å²) in [7, 11) is 0. The van der Waals surface area contributed by atoms with Crippen molar-refractivity contribution in [3.05, 3.63) is 60.3 Å². The Morgan fingerprint density at radius 3 is 2.50 bits per heavy atom. The van der Waals surface area contributed by atoms with Crippen LogP contribution in [0.2, 0.25) is 0 Å². The fraction of sp³-hybridized carbons (Fsp3) is 0.350. The third-order valence-corrected chi connectivity index (χ3v) is 5.22. The summed E-state index contributed by atoms with van der Waals surface area (Å²) in [6, 6.07) is 15.9. The van der Waals surface area contributed by atoms with Crippen molar-refractivity contribution in [2.75, 3.05) is 0 Å². The Balaban J connectivity index is 1.79. The number of hydrogen-bond acceptors (Lipinski definition) is 4. The number of carbonyl (C=O) groups excluding carboxylic acids is 1. The van der Waals surface area contributed by atoms with Crippen molar-refractivity contribution in [1.29, 1.82) is 0 Å². The van der Waals surface area contributed by atoms with Crippen molar-refractivity contribution in [1.82, 2.24) is 19.5 Å². The SMILES string of the molecule is C[C@H](Sc1nnc2ccccn12)C(=O)N(Cc1ccccc1)C(C)(C)C. The van der Waals surface area contributed by atoms with Crippen LogP contribution in [0.5, 0.6) is 0 Å². The Bertz CT molecular complexity index is 885. The van der Waals surface area contributed by atoms with Crippen LogP contribution >= 0.6 is 11.8 Å². The minimum absolute atomic E-state index is 0.0963. The van der Waals surface area contributed by atoms with Crippen molar-refractivity contribution in [3.8, 4) is 0 Å². The average molecular weight is 369 g/mol. The van der Waals surface area contributed by atoms with E-state index in [1.165, 1.54) is 11.8 Å². The minimum Gasteiger partial charge on any atom is -0.333 e. The van der Waals surface area contributed by atoms with Gasteiger partial charge in [-0.05, 0) is 45.4 Å². The zero-order chi connectivity index (χ0) is 18.7. The standard InChI is InChI=1S/C20H24N4OS/c1-15(26-19-22-21-17-12-8-9-13-23(17)19)18(25)24(20(2,3)4)14-16-10-6-5-7-11-16/h5-13,15H,14H2,1-4H3/t15-/m0/s1. The highest BCUT2D eigenvalue weighted by Gasteiger charge is 2.31. The molecule has 5 nitrogen and oxygen atoms in total. The predicted octanol–water partition coefficient (Wildman–Crippen LogP) is 4.04. The van der Waals surface area contributed by atoms with E-state index in [1.54, 1.807) is 0 Å². The first-order valence-electron chi connectivity index (χ1n) is 8.68. The molecule has 136 valence electrons. The molecule has 6 heteroatoms. The van der Waals surface area contributed by atoms with Gasteiger partial charge in [-0.2, -0.15) is 0 Å². The Morgan fingerprint density at radius 1 is 1.12 bits per heavy atom. The molecule has 0 fully saturated rings. The van der Waals surface area contributed by atoms with Crippen molar-refractivity contribution in [2.45, 2.75) is 50.2 Å². The highest BCUT2D eigenvalue weighted by molar-refractivity contribution is 8.00. The maximum absolute atomic E-state index is 13.2. The van der Waals surface area contributed by atoms with Crippen molar-refractivity contribution >= 4 is 23.3 Å². The van der Waals surface area contributed by atoms with Crippen LogP contribution < -0.4 is 0 Å². The molecule has 0 aliphatic heterocycles. The first-order valence-corrected chi connectivity index (χ1v) is 9.56. The normalized spacial score (nSPS) is 12.9. The molecule has 0 aliphatic rings. The maximum Gasteiger partial charge on any atom is 0.236 e. The van der Waals surface area contributed by atoms with Crippen molar-refractivity contribution in [3.63, 3.8) is 0 Å². The van der Waals surface area contributed by atoms with Gasteiger partial charge in [-0.25, -0.2) is 0 Å². The molecule has 0 saturated heterocycles. The number of hydrogen-bond donors (Lipinski definition) is 0. The van der Waals surface area contributed by atoms with E-state index >= 15 is 0 Å². The zero-order valence-electron chi connectivity index (χ0n) is 15.6. The summed E-state index contributed by atoms with van der Waals surface area (Å²) in [6.45, 7) is 8.72. The second-order valence-electron chi connectivity index (χ2n) is 7.25. The van der Waals surface area contributed by atoms with Crippen molar-refractivity contribution in [2.24, 2.45) is 0 Å². The summed E-state index contributed by atoms with van der Waals surface area (Å²) in [5.41, 5.74) is 1.64. The van der Waals surface area contributed by atoms with Crippen LogP contribution in [0.1, 0.15) is 33.3 Å². The molecule has 0 aliphatic carbocycles. The number of aromatic nitrogens is 3. The van der Waals surface area contributed by atoms with Gasteiger partial charge in [0, 0.05) is 18.3 Å². The Hall–Kier alpha value is -2.34. The van der Waals surface area contributed by atoms with Gasteiger partial charge in [0.15, 0.2) is 10.8 Å². The lowest BCUT2D eigenvalue weighted by atomic mass is 10.0. The molecule has 0 bridgehead atoms. The van der Waals surface area contributed by atoms with E-state index in [0.29, 0.717) is 6.54 Å². The minimum atomic E-state index is -0.269. The molecule has 1 atom stereocenters. The Labute approximate surface area is 158 Å². The lowest BCUT2D eigenvalue weighted by Gasteiger charge is -2.37. The van der Waals surface area contributed by atoms with E-state index in [2.05, 4.69) is 43.1 Å². The summed E-state index contributed by atoms with van der Waals surface area (Å²) < 4.78 is 1.91. The van der Waals surface area contributed by atoms with Gasteiger partial charge in [-0.15, -0.1) is 10.2 Å². The number of benzene rings is 1. The molecule has 1 aromatic carbocycles. The molecule has 3 aromatic rings. The lowest BCUT2D eigenvalue weighted by Crippen LogP contribution is -2.48. The van der Waals surface area contributed by atoms with Crippen LogP contribution in [0.3, 0.4) is 0 Å². The smallest absolute Gasteiger partial charge is 0.236 e. The van der Waals surface area contributed by atoms with Gasteiger partial charge in [-0.1, -0.05) is 48.2 Å². The number of nitrogens with zero attached hydrogens (tertiary/aromatic N) is 4. The van der Waals surface area contributed by atoms with Gasteiger partial charge in [0.1, 0.15) is 0 Å². The largest absolute Gasteiger partial charge is 0.333 e. The summed E-state index contributed by atoms with van der Waals surface area (Å²) >= 11 is 1.44. The predicted molar refractivity (Wildman–Crippen MR) is 105 cm³/mol. The second-order valence-corrected chi connectivity index (χ2v) is 8.56. The van der Waals surface area contributed by atoms with E-state index < -0.39 is 0 Å². The summed E-state index contributed by atoms with van der Waals surface area (Å²) in [4.78, 5) is 15.1. The number of fused-ring (bicyclic) bond motifs is 1. The Kier molecular flexibility index (Phi) is 5.32. The van der Waals surface area contributed by atoms with E-state index in [0.717, 1.165) is 16.4 Å². The quantitative estimate of drug-likeness (QED) is 0.638. The fourth-order valence-corrected chi connectivity index (χ4v) is 3.64. The van der Waals surface area contributed by atoms with Crippen molar-refractivity contribution < 1.29 is 4.79 Å². The van der Waals surface area contributed by atoms with E-state index in [1.807, 2.05) is 58.8 Å². The average Bonchev–Trinajstić information content (AvgIpc) is 3.02. The number of amides is 1. The highest BCUT2D eigenvalue weighted by atomic mass is 32.2. The summed E-state index contributed by atoms with van der Waals surface area (Å²) in [5.74, 6) is 0.0963. The molecule has 0 saturated carbocycles. The molecular weight excluding hydrogens is 344 g/mol. The molecule has 0 unspecified atom stereocenters. The van der Waals surface area contributed by atoms with Crippen LogP contribution in [0, 0.1) is 0 Å². The van der Waals surface area contributed by atoms with E-state index in [-0.39, 0.29) is 16.7 Å². The van der Waals surface area contributed by atoms with Crippen LogP contribution in [0.25, 0.3) is 5.65 Å². The first kappa shape index (κ1) is 18.5.